The van der Waals surface area contributed by atoms with E-state index in [0.29, 0.717) is 6.04 Å². The summed E-state index contributed by atoms with van der Waals surface area (Å²) in [4.78, 5) is 9.13. The third kappa shape index (κ3) is 2.90. The minimum atomic E-state index is 0.443. The Morgan fingerprint density at radius 1 is 1.47 bits per heavy atom. The molecule has 1 unspecified atom stereocenters. The van der Waals surface area contributed by atoms with Crippen LogP contribution < -0.4 is 10.6 Å². The van der Waals surface area contributed by atoms with Gasteiger partial charge in [0, 0.05) is 29.8 Å². The van der Waals surface area contributed by atoms with Crippen LogP contribution in [0.3, 0.4) is 0 Å². The number of pyridine rings is 1. The number of hydrogen-bond donors (Lipinski definition) is 1. The molecule has 0 spiro atoms. The number of likely N-dealkylation sites (N-methyl/N-ethyl adjacent to an activating group) is 1. The molecule has 1 aliphatic rings. The average Bonchev–Trinajstić information content (AvgIpc) is 2.40. The van der Waals surface area contributed by atoms with Crippen molar-refractivity contribution in [3.05, 3.63) is 16.7 Å². The van der Waals surface area contributed by atoms with Gasteiger partial charge in [-0.25, -0.2) is 4.98 Å². The highest BCUT2D eigenvalue weighted by molar-refractivity contribution is 9.10. The van der Waals surface area contributed by atoms with Crippen molar-refractivity contribution in [2.24, 2.45) is 0 Å². The summed E-state index contributed by atoms with van der Waals surface area (Å²) in [6.45, 7) is 5.43. The Morgan fingerprint density at radius 2 is 2.24 bits per heavy atom. The van der Waals surface area contributed by atoms with E-state index in [1.165, 1.54) is 0 Å². The molecule has 1 fully saturated rings. The van der Waals surface area contributed by atoms with E-state index < -0.39 is 0 Å². The molecule has 0 saturated carbocycles. The normalized spacial score (nSPS) is 22.5. The zero-order valence-corrected chi connectivity index (χ0v) is 11.9. The Bertz CT molecular complexity index is 396. The van der Waals surface area contributed by atoms with Gasteiger partial charge in [-0.3, -0.25) is 0 Å². The van der Waals surface area contributed by atoms with Crippen molar-refractivity contribution in [2.45, 2.75) is 19.4 Å². The second-order valence-electron chi connectivity index (χ2n) is 4.72. The molecule has 0 aliphatic carbocycles. The first-order chi connectivity index (χ1) is 8.08. The van der Waals surface area contributed by atoms with Crippen LogP contribution in [0, 0.1) is 0 Å². The monoisotopic (exact) mass is 298 g/mol. The van der Waals surface area contributed by atoms with Gasteiger partial charge in [-0.2, -0.15) is 0 Å². The van der Waals surface area contributed by atoms with Gasteiger partial charge in [-0.15, -0.1) is 0 Å². The lowest BCUT2D eigenvalue weighted by molar-refractivity contribution is 0.337. The molecule has 1 atom stereocenters. The molecule has 5 heteroatoms. The van der Waals surface area contributed by atoms with Gasteiger partial charge in [0.15, 0.2) is 5.82 Å². The predicted octanol–water partition coefficient (Wildman–Crippen LogP) is 1.96. The standard InChI is InChI=1S/C12H19BrN4/c1-9-8-16(2)4-3-5-17(9)12-11(14)6-10(13)7-15-12/h6-7,9H,3-5,8,14H2,1-2H3. The molecule has 2 N–H and O–H groups in total. The number of hydrogen-bond acceptors (Lipinski definition) is 4. The van der Waals surface area contributed by atoms with Crippen molar-refractivity contribution in [1.82, 2.24) is 9.88 Å². The number of anilines is 2. The number of nitrogen functional groups attached to an aromatic ring is 1. The highest BCUT2D eigenvalue weighted by atomic mass is 79.9. The minimum absolute atomic E-state index is 0.443. The summed E-state index contributed by atoms with van der Waals surface area (Å²) in [5.74, 6) is 0.913. The lowest BCUT2D eigenvalue weighted by Gasteiger charge is -2.29. The maximum Gasteiger partial charge on any atom is 0.152 e. The quantitative estimate of drug-likeness (QED) is 0.861. The van der Waals surface area contributed by atoms with E-state index in [1.54, 1.807) is 0 Å². The zero-order chi connectivity index (χ0) is 12.4. The second-order valence-corrected chi connectivity index (χ2v) is 5.64. The summed E-state index contributed by atoms with van der Waals surface area (Å²) in [6.07, 6.45) is 2.96. The van der Waals surface area contributed by atoms with Gasteiger partial charge in [0.2, 0.25) is 0 Å². The molecule has 1 aliphatic heterocycles. The van der Waals surface area contributed by atoms with E-state index >= 15 is 0 Å². The molecular weight excluding hydrogens is 280 g/mol. The minimum Gasteiger partial charge on any atom is -0.396 e. The smallest absolute Gasteiger partial charge is 0.152 e. The fourth-order valence-electron chi connectivity index (χ4n) is 2.37. The van der Waals surface area contributed by atoms with E-state index in [1.807, 2.05) is 12.3 Å². The topological polar surface area (TPSA) is 45.4 Å². The van der Waals surface area contributed by atoms with Crippen LogP contribution in [0.15, 0.2) is 16.7 Å². The molecule has 0 aromatic carbocycles. The molecule has 4 nitrogen and oxygen atoms in total. The Morgan fingerprint density at radius 3 is 2.94 bits per heavy atom. The molecule has 17 heavy (non-hydrogen) atoms. The third-order valence-electron chi connectivity index (χ3n) is 3.18. The first-order valence-corrected chi connectivity index (χ1v) is 6.73. The number of nitrogens with zero attached hydrogens (tertiary/aromatic N) is 3. The summed E-state index contributed by atoms with van der Waals surface area (Å²) in [6, 6.07) is 2.36. The largest absolute Gasteiger partial charge is 0.396 e. The van der Waals surface area contributed by atoms with Gasteiger partial charge in [0.25, 0.3) is 0 Å². The van der Waals surface area contributed by atoms with E-state index in [2.05, 4.69) is 44.7 Å². The molecular formula is C12H19BrN4. The van der Waals surface area contributed by atoms with Gasteiger partial charge >= 0.3 is 0 Å². The second kappa shape index (κ2) is 5.23. The van der Waals surface area contributed by atoms with Crippen molar-refractivity contribution in [2.75, 3.05) is 37.3 Å². The molecule has 0 radical (unpaired) electrons. The van der Waals surface area contributed by atoms with E-state index in [-0.39, 0.29) is 0 Å². The summed E-state index contributed by atoms with van der Waals surface area (Å²) in [5.41, 5.74) is 6.80. The Labute approximate surface area is 111 Å². The van der Waals surface area contributed by atoms with Crippen molar-refractivity contribution >= 4 is 27.4 Å². The Kier molecular flexibility index (Phi) is 3.89. The Balaban J connectivity index is 2.25. The highest BCUT2D eigenvalue weighted by Gasteiger charge is 2.22. The Hall–Kier alpha value is -0.810. The van der Waals surface area contributed by atoms with Crippen molar-refractivity contribution in [1.29, 1.82) is 0 Å². The van der Waals surface area contributed by atoms with Crippen LogP contribution in [-0.2, 0) is 0 Å². The molecule has 0 bridgehead atoms. The molecule has 0 amide bonds. The van der Waals surface area contributed by atoms with Crippen LogP contribution >= 0.6 is 15.9 Å². The van der Waals surface area contributed by atoms with Gasteiger partial charge in [0.1, 0.15) is 0 Å². The van der Waals surface area contributed by atoms with E-state index in [0.717, 1.165) is 42.0 Å². The molecule has 94 valence electrons. The van der Waals surface area contributed by atoms with Gasteiger partial charge in [-0.05, 0) is 48.9 Å². The van der Waals surface area contributed by atoms with Crippen LogP contribution in [0.5, 0.6) is 0 Å². The van der Waals surface area contributed by atoms with E-state index in [4.69, 9.17) is 5.73 Å². The van der Waals surface area contributed by atoms with Gasteiger partial charge < -0.3 is 15.5 Å². The van der Waals surface area contributed by atoms with Crippen molar-refractivity contribution < 1.29 is 0 Å². The summed E-state index contributed by atoms with van der Waals surface area (Å²) < 4.78 is 0.929. The SMILES string of the molecule is CC1CN(C)CCCN1c1ncc(Br)cc1N. The van der Waals surface area contributed by atoms with Gasteiger partial charge in [0.05, 0.1) is 5.69 Å². The molecule has 1 saturated heterocycles. The molecule has 2 heterocycles. The molecule has 2 rings (SSSR count). The number of halogens is 1. The number of rotatable bonds is 1. The van der Waals surface area contributed by atoms with Crippen LogP contribution in [0.2, 0.25) is 0 Å². The lowest BCUT2D eigenvalue weighted by Crippen LogP contribution is -2.38. The summed E-state index contributed by atoms with van der Waals surface area (Å²) in [5, 5.41) is 0. The number of nitrogens with two attached hydrogens (primary N) is 1. The lowest BCUT2D eigenvalue weighted by atomic mass is 10.2. The summed E-state index contributed by atoms with van der Waals surface area (Å²) >= 11 is 3.39. The van der Waals surface area contributed by atoms with Crippen LogP contribution in [0.1, 0.15) is 13.3 Å². The maximum atomic E-state index is 6.05. The molecule has 1 aromatic heterocycles. The maximum absolute atomic E-state index is 6.05. The van der Waals surface area contributed by atoms with Crippen molar-refractivity contribution in [3.63, 3.8) is 0 Å². The van der Waals surface area contributed by atoms with Crippen LogP contribution in [0.4, 0.5) is 11.5 Å². The fraction of sp³-hybridized carbons (Fsp3) is 0.583. The third-order valence-corrected chi connectivity index (χ3v) is 3.61. The van der Waals surface area contributed by atoms with Crippen LogP contribution in [0.25, 0.3) is 0 Å². The first kappa shape index (κ1) is 12.6. The first-order valence-electron chi connectivity index (χ1n) is 5.94. The zero-order valence-electron chi connectivity index (χ0n) is 10.4. The number of aromatic nitrogens is 1. The van der Waals surface area contributed by atoms with Crippen molar-refractivity contribution in [3.8, 4) is 0 Å². The van der Waals surface area contributed by atoms with Gasteiger partial charge in [-0.1, -0.05) is 0 Å². The highest BCUT2D eigenvalue weighted by Crippen LogP contribution is 2.26. The molecule has 1 aromatic rings. The van der Waals surface area contributed by atoms with E-state index in [9.17, 15) is 0 Å². The van der Waals surface area contributed by atoms with Crippen LogP contribution in [-0.4, -0.2) is 42.6 Å². The summed E-state index contributed by atoms with van der Waals surface area (Å²) in [7, 11) is 2.17. The average molecular weight is 299 g/mol. The fourth-order valence-corrected chi connectivity index (χ4v) is 2.72. The predicted molar refractivity (Wildman–Crippen MR) is 75.3 cm³/mol.